The van der Waals surface area contributed by atoms with E-state index in [0.29, 0.717) is 11.9 Å². The predicted octanol–water partition coefficient (Wildman–Crippen LogP) is 1.94. The van der Waals surface area contributed by atoms with Gasteiger partial charge in [0.05, 0.1) is 24.7 Å². The van der Waals surface area contributed by atoms with Crippen LogP contribution in [0.25, 0.3) is 10.8 Å². The van der Waals surface area contributed by atoms with Gasteiger partial charge in [0.25, 0.3) is 5.56 Å². The minimum absolute atomic E-state index is 0.0223. The maximum atomic E-state index is 12.3. The van der Waals surface area contributed by atoms with E-state index in [1.807, 2.05) is 48.5 Å². The molecule has 2 aromatic carbocycles. The lowest BCUT2D eigenvalue weighted by molar-refractivity contribution is 0.282. The van der Waals surface area contributed by atoms with Crippen LogP contribution < -0.4 is 5.56 Å². The second kappa shape index (κ2) is 5.27. The molecule has 1 aromatic heterocycles. The third kappa shape index (κ3) is 2.33. The fourth-order valence-corrected chi connectivity index (χ4v) is 2.16. The molecule has 0 aliphatic carbocycles. The smallest absolute Gasteiger partial charge is 0.274 e. The molecular weight excluding hydrogens is 252 g/mol. The molecule has 4 heteroatoms. The molecule has 0 atom stereocenters. The van der Waals surface area contributed by atoms with E-state index in [9.17, 15) is 4.79 Å². The summed E-state index contributed by atoms with van der Waals surface area (Å²) in [5.41, 5.74) is 1.74. The summed E-state index contributed by atoms with van der Waals surface area (Å²) < 4.78 is 1.45. The zero-order valence-electron chi connectivity index (χ0n) is 10.9. The number of nitrogens with zero attached hydrogens (tertiary/aromatic N) is 2. The van der Waals surface area contributed by atoms with Crippen molar-refractivity contribution in [2.24, 2.45) is 0 Å². The fraction of sp³-hybridized carbons (Fsp3) is 0.125. The number of aromatic nitrogens is 2. The standard InChI is InChI=1S/C16H14N2O2/c19-11-13-7-5-12(6-8-13)10-18-16(20)15-4-2-1-3-14(15)9-17-18/h1-9,19H,10-11H2. The van der Waals surface area contributed by atoms with Gasteiger partial charge in [-0.25, -0.2) is 4.68 Å². The highest BCUT2D eigenvalue weighted by molar-refractivity contribution is 5.80. The number of benzene rings is 2. The van der Waals surface area contributed by atoms with E-state index in [1.54, 1.807) is 6.20 Å². The molecule has 3 aromatic rings. The quantitative estimate of drug-likeness (QED) is 0.788. The van der Waals surface area contributed by atoms with Crippen LogP contribution in [0.5, 0.6) is 0 Å². The number of aliphatic hydroxyl groups excluding tert-OH is 1. The van der Waals surface area contributed by atoms with Crippen LogP contribution in [0.3, 0.4) is 0 Å². The Morgan fingerprint density at radius 1 is 1.00 bits per heavy atom. The van der Waals surface area contributed by atoms with Gasteiger partial charge in [-0.15, -0.1) is 0 Å². The molecule has 0 saturated carbocycles. The molecule has 0 saturated heterocycles. The minimum atomic E-state index is -0.0886. The molecule has 20 heavy (non-hydrogen) atoms. The summed E-state index contributed by atoms with van der Waals surface area (Å²) in [5, 5.41) is 14.7. The Morgan fingerprint density at radius 3 is 2.45 bits per heavy atom. The number of hydrogen-bond acceptors (Lipinski definition) is 3. The van der Waals surface area contributed by atoms with Gasteiger partial charge in [0, 0.05) is 5.39 Å². The molecule has 1 heterocycles. The molecule has 3 rings (SSSR count). The van der Waals surface area contributed by atoms with Gasteiger partial charge in [-0.05, 0) is 17.2 Å². The predicted molar refractivity (Wildman–Crippen MR) is 77.5 cm³/mol. The summed E-state index contributed by atoms with van der Waals surface area (Å²) in [7, 11) is 0. The summed E-state index contributed by atoms with van der Waals surface area (Å²) in [5.74, 6) is 0. The Morgan fingerprint density at radius 2 is 1.70 bits per heavy atom. The van der Waals surface area contributed by atoms with E-state index in [-0.39, 0.29) is 12.2 Å². The first-order valence-electron chi connectivity index (χ1n) is 6.41. The van der Waals surface area contributed by atoms with Crippen molar-refractivity contribution < 1.29 is 5.11 Å². The Kier molecular flexibility index (Phi) is 3.31. The van der Waals surface area contributed by atoms with Gasteiger partial charge in [-0.1, -0.05) is 42.5 Å². The molecule has 0 aliphatic rings. The fourth-order valence-electron chi connectivity index (χ4n) is 2.16. The Bertz CT molecular complexity index is 791. The third-order valence-electron chi connectivity index (χ3n) is 3.30. The molecule has 0 spiro atoms. The second-order valence-corrected chi connectivity index (χ2v) is 4.67. The van der Waals surface area contributed by atoms with E-state index >= 15 is 0 Å². The lowest BCUT2D eigenvalue weighted by atomic mass is 10.1. The molecule has 0 bridgehead atoms. The number of rotatable bonds is 3. The first kappa shape index (κ1) is 12.6. The van der Waals surface area contributed by atoms with Crippen LogP contribution in [-0.2, 0) is 13.2 Å². The average Bonchev–Trinajstić information content (AvgIpc) is 2.51. The summed E-state index contributed by atoms with van der Waals surface area (Å²) in [4.78, 5) is 12.3. The van der Waals surface area contributed by atoms with E-state index in [2.05, 4.69) is 5.10 Å². The van der Waals surface area contributed by atoms with Gasteiger partial charge in [-0.3, -0.25) is 4.79 Å². The van der Waals surface area contributed by atoms with Gasteiger partial charge in [-0.2, -0.15) is 5.10 Å². The molecule has 1 N–H and O–H groups in total. The Hall–Kier alpha value is -2.46. The first-order valence-corrected chi connectivity index (χ1v) is 6.41. The Labute approximate surface area is 115 Å². The molecule has 0 fully saturated rings. The average molecular weight is 266 g/mol. The van der Waals surface area contributed by atoms with Crippen molar-refractivity contribution in [2.45, 2.75) is 13.2 Å². The summed E-state index contributed by atoms with van der Waals surface area (Å²) >= 11 is 0. The second-order valence-electron chi connectivity index (χ2n) is 4.67. The van der Waals surface area contributed by atoms with Crippen LogP contribution in [0.1, 0.15) is 11.1 Å². The molecule has 0 amide bonds. The van der Waals surface area contributed by atoms with E-state index in [0.717, 1.165) is 16.5 Å². The monoisotopic (exact) mass is 266 g/mol. The van der Waals surface area contributed by atoms with Gasteiger partial charge in [0.1, 0.15) is 0 Å². The van der Waals surface area contributed by atoms with E-state index in [1.165, 1.54) is 4.68 Å². The molecule has 100 valence electrons. The van der Waals surface area contributed by atoms with Crippen LogP contribution >= 0.6 is 0 Å². The first-order chi connectivity index (χ1) is 9.78. The number of fused-ring (bicyclic) bond motifs is 1. The largest absolute Gasteiger partial charge is 0.392 e. The molecule has 4 nitrogen and oxygen atoms in total. The van der Waals surface area contributed by atoms with Crippen molar-refractivity contribution in [2.75, 3.05) is 0 Å². The Balaban J connectivity index is 1.98. The highest BCUT2D eigenvalue weighted by Crippen LogP contribution is 2.08. The van der Waals surface area contributed by atoms with Crippen molar-refractivity contribution in [3.05, 3.63) is 76.2 Å². The van der Waals surface area contributed by atoms with Gasteiger partial charge >= 0.3 is 0 Å². The third-order valence-corrected chi connectivity index (χ3v) is 3.30. The highest BCUT2D eigenvalue weighted by atomic mass is 16.3. The maximum absolute atomic E-state index is 12.3. The van der Waals surface area contributed by atoms with Crippen LogP contribution in [0.2, 0.25) is 0 Å². The molecular formula is C16H14N2O2. The van der Waals surface area contributed by atoms with Crippen LogP contribution in [0, 0.1) is 0 Å². The van der Waals surface area contributed by atoms with E-state index < -0.39 is 0 Å². The van der Waals surface area contributed by atoms with Gasteiger partial charge in [0.2, 0.25) is 0 Å². The van der Waals surface area contributed by atoms with Gasteiger partial charge in [0.15, 0.2) is 0 Å². The topological polar surface area (TPSA) is 55.1 Å². The lowest BCUT2D eigenvalue weighted by Crippen LogP contribution is -2.23. The molecule has 0 aliphatic heterocycles. The minimum Gasteiger partial charge on any atom is -0.392 e. The van der Waals surface area contributed by atoms with Gasteiger partial charge < -0.3 is 5.11 Å². The van der Waals surface area contributed by atoms with Crippen LogP contribution in [0.4, 0.5) is 0 Å². The normalized spacial score (nSPS) is 10.8. The molecule has 0 unspecified atom stereocenters. The zero-order chi connectivity index (χ0) is 13.9. The van der Waals surface area contributed by atoms with Crippen molar-refractivity contribution >= 4 is 10.8 Å². The van der Waals surface area contributed by atoms with Crippen molar-refractivity contribution in [1.82, 2.24) is 9.78 Å². The van der Waals surface area contributed by atoms with Crippen LogP contribution in [-0.4, -0.2) is 14.9 Å². The van der Waals surface area contributed by atoms with E-state index in [4.69, 9.17) is 5.11 Å². The highest BCUT2D eigenvalue weighted by Gasteiger charge is 2.04. The van der Waals surface area contributed by atoms with Crippen molar-refractivity contribution in [3.63, 3.8) is 0 Å². The van der Waals surface area contributed by atoms with Crippen molar-refractivity contribution in [1.29, 1.82) is 0 Å². The van der Waals surface area contributed by atoms with Crippen molar-refractivity contribution in [3.8, 4) is 0 Å². The zero-order valence-corrected chi connectivity index (χ0v) is 10.9. The molecule has 0 radical (unpaired) electrons. The summed E-state index contributed by atoms with van der Waals surface area (Å²) in [6, 6.07) is 14.9. The SMILES string of the molecule is O=c1c2ccccc2cnn1Cc1ccc(CO)cc1. The van der Waals surface area contributed by atoms with Crippen LogP contribution in [0.15, 0.2) is 59.5 Å². The summed E-state index contributed by atoms with van der Waals surface area (Å²) in [6.07, 6.45) is 1.71. The lowest BCUT2D eigenvalue weighted by Gasteiger charge is -2.06. The number of hydrogen-bond donors (Lipinski definition) is 1. The summed E-state index contributed by atoms with van der Waals surface area (Å²) in [6.45, 7) is 0.448. The number of aliphatic hydroxyl groups is 1. The maximum Gasteiger partial charge on any atom is 0.274 e.